The Kier molecular flexibility index (Phi) is 2.97. The van der Waals surface area contributed by atoms with E-state index in [9.17, 15) is 4.79 Å². The molecular formula is C15H10ClNO2. The van der Waals surface area contributed by atoms with E-state index in [2.05, 4.69) is 5.32 Å². The Balaban J connectivity index is 2.12. The summed E-state index contributed by atoms with van der Waals surface area (Å²) in [6, 6.07) is 16.1. The minimum absolute atomic E-state index is 0.386. The zero-order valence-electron chi connectivity index (χ0n) is 9.89. The summed E-state index contributed by atoms with van der Waals surface area (Å²) < 4.78 is 5.14. The fourth-order valence-corrected chi connectivity index (χ4v) is 2.13. The third-order valence-corrected chi connectivity index (χ3v) is 2.99. The van der Waals surface area contributed by atoms with Crippen molar-refractivity contribution in [1.82, 2.24) is 0 Å². The molecule has 0 unspecified atom stereocenters. The molecule has 2 aromatic carbocycles. The van der Waals surface area contributed by atoms with E-state index in [0.29, 0.717) is 16.3 Å². The van der Waals surface area contributed by atoms with Gasteiger partial charge in [0.05, 0.1) is 5.69 Å². The summed E-state index contributed by atoms with van der Waals surface area (Å²) in [7, 11) is 0. The maximum atomic E-state index is 11.5. The highest BCUT2D eigenvalue weighted by atomic mass is 35.5. The number of hydrogen-bond donors (Lipinski definition) is 1. The van der Waals surface area contributed by atoms with Crippen LogP contribution in [0.2, 0.25) is 5.02 Å². The summed E-state index contributed by atoms with van der Waals surface area (Å²) in [5, 5.41) is 4.67. The second-order valence-electron chi connectivity index (χ2n) is 4.11. The van der Waals surface area contributed by atoms with Crippen LogP contribution < -0.4 is 10.9 Å². The molecule has 3 nitrogen and oxygen atoms in total. The van der Waals surface area contributed by atoms with Crippen molar-refractivity contribution in [2.75, 3.05) is 5.32 Å². The summed E-state index contributed by atoms with van der Waals surface area (Å²) in [5.41, 5.74) is 1.69. The molecule has 0 saturated heterocycles. The van der Waals surface area contributed by atoms with Crippen LogP contribution in [-0.4, -0.2) is 0 Å². The van der Waals surface area contributed by atoms with Crippen molar-refractivity contribution < 1.29 is 4.42 Å². The number of hydrogen-bond acceptors (Lipinski definition) is 3. The van der Waals surface area contributed by atoms with Gasteiger partial charge in [-0.25, -0.2) is 4.79 Å². The molecule has 0 aliphatic heterocycles. The molecular weight excluding hydrogens is 262 g/mol. The lowest BCUT2D eigenvalue weighted by atomic mass is 10.2. The van der Waals surface area contributed by atoms with Gasteiger partial charge in [0.15, 0.2) is 0 Å². The standard InChI is InChI=1S/C15H10ClNO2/c16-10-4-3-5-11(8-10)17-13-9-15(18)19-14-7-2-1-6-12(13)14/h1-9,17H. The molecule has 1 heterocycles. The van der Waals surface area contributed by atoms with Crippen LogP contribution in [0.1, 0.15) is 0 Å². The lowest BCUT2D eigenvalue weighted by Gasteiger charge is -2.08. The van der Waals surface area contributed by atoms with Crippen molar-refractivity contribution in [3.63, 3.8) is 0 Å². The fourth-order valence-electron chi connectivity index (χ4n) is 1.94. The van der Waals surface area contributed by atoms with Crippen molar-refractivity contribution >= 4 is 33.9 Å². The zero-order valence-corrected chi connectivity index (χ0v) is 10.6. The van der Waals surface area contributed by atoms with E-state index < -0.39 is 0 Å². The molecule has 0 aliphatic rings. The first kappa shape index (κ1) is 11.8. The van der Waals surface area contributed by atoms with Crippen LogP contribution in [0.4, 0.5) is 11.4 Å². The Morgan fingerprint density at radius 2 is 1.84 bits per heavy atom. The van der Waals surface area contributed by atoms with Gasteiger partial charge >= 0.3 is 5.63 Å². The van der Waals surface area contributed by atoms with E-state index in [4.69, 9.17) is 16.0 Å². The molecule has 19 heavy (non-hydrogen) atoms. The quantitative estimate of drug-likeness (QED) is 0.711. The van der Waals surface area contributed by atoms with Crippen LogP contribution in [-0.2, 0) is 0 Å². The van der Waals surface area contributed by atoms with E-state index >= 15 is 0 Å². The number of halogens is 1. The minimum atomic E-state index is -0.386. The third-order valence-electron chi connectivity index (χ3n) is 2.75. The second kappa shape index (κ2) is 4.78. The highest BCUT2D eigenvalue weighted by molar-refractivity contribution is 6.30. The molecule has 1 aromatic heterocycles. The summed E-state index contributed by atoms with van der Waals surface area (Å²) in [4.78, 5) is 11.5. The van der Waals surface area contributed by atoms with Crippen LogP contribution in [0.3, 0.4) is 0 Å². The van der Waals surface area contributed by atoms with Crippen molar-refractivity contribution in [1.29, 1.82) is 0 Å². The zero-order chi connectivity index (χ0) is 13.2. The second-order valence-corrected chi connectivity index (χ2v) is 4.55. The summed E-state index contributed by atoms with van der Waals surface area (Å²) in [5.74, 6) is 0. The van der Waals surface area contributed by atoms with Crippen LogP contribution in [0.25, 0.3) is 11.0 Å². The molecule has 94 valence electrons. The van der Waals surface area contributed by atoms with E-state index in [0.717, 1.165) is 11.1 Å². The first-order valence-electron chi connectivity index (χ1n) is 5.78. The lowest BCUT2D eigenvalue weighted by Crippen LogP contribution is -2.00. The van der Waals surface area contributed by atoms with Gasteiger partial charge in [0.1, 0.15) is 5.58 Å². The Morgan fingerprint density at radius 1 is 1.00 bits per heavy atom. The van der Waals surface area contributed by atoms with Crippen molar-refractivity contribution in [3.05, 3.63) is 70.0 Å². The smallest absolute Gasteiger partial charge is 0.338 e. The van der Waals surface area contributed by atoms with Gasteiger partial charge in [0, 0.05) is 22.2 Å². The van der Waals surface area contributed by atoms with E-state index in [1.54, 1.807) is 18.2 Å². The molecule has 0 fully saturated rings. The van der Waals surface area contributed by atoms with Crippen molar-refractivity contribution in [3.8, 4) is 0 Å². The molecule has 3 aromatic rings. The molecule has 0 bridgehead atoms. The first-order chi connectivity index (χ1) is 9.22. The minimum Gasteiger partial charge on any atom is -0.423 e. The average molecular weight is 272 g/mol. The van der Waals surface area contributed by atoms with Crippen LogP contribution in [0, 0.1) is 0 Å². The predicted molar refractivity (Wildman–Crippen MR) is 77.2 cm³/mol. The summed E-state index contributed by atoms with van der Waals surface area (Å²) in [6.07, 6.45) is 0. The normalized spacial score (nSPS) is 10.6. The number of fused-ring (bicyclic) bond motifs is 1. The highest BCUT2D eigenvalue weighted by Gasteiger charge is 2.05. The van der Waals surface area contributed by atoms with Gasteiger partial charge in [-0.2, -0.15) is 0 Å². The van der Waals surface area contributed by atoms with Crippen LogP contribution in [0.15, 0.2) is 63.8 Å². The lowest BCUT2D eigenvalue weighted by molar-refractivity contribution is 0.561. The number of anilines is 2. The predicted octanol–water partition coefficient (Wildman–Crippen LogP) is 4.19. The van der Waals surface area contributed by atoms with Crippen LogP contribution >= 0.6 is 11.6 Å². The Labute approximate surface area is 114 Å². The highest BCUT2D eigenvalue weighted by Crippen LogP contribution is 2.25. The molecule has 4 heteroatoms. The van der Waals surface area contributed by atoms with Gasteiger partial charge in [-0.15, -0.1) is 0 Å². The summed E-state index contributed by atoms with van der Waals surface area (Å²) in [6.45, 7) is 0. The third kappa shape index (κ3) is 2.46. The Bertz CT molecular complexity index is 795. The number of benzene rings is 2. The molecule has 3 rings (SSSR count). The van der Waals surface area contributed by atoms with Gasteiger partial charge in [0.25, 0.3) is 0 Å². The Morgan fingerprint density at radius 3 is 2.68 bits per heavy atom. The molecule has 0 spiro atoms. The van der Waals surface area contributed by atoms with E-state index in [1.165, 1.54) is 6.07 Å². The first-order valence-corrected chi connectivity index (χ1v) is 6.16. The maximum absolute atomic E-state index is 11.5. The largest absolute Gasteiger partial charge is 0.423 e. The molecule has 0 aliphatic carbocycles. The SMILES string of the molecule is O=c1cc(Nc2cccc(Cl)c2)c2ccccc2o1. The molecule has 0 amide bonds. The average Bonchev–Trinajstić information content (AvgIpc) is 2.38. The molecule has 1 N–H and O–H groups in total. The van der Waals surface area contributed by atoms with E-state index in [-0.39, 0.29) is 5.63 Å². The molecule has 0 atom stereocenters. The monoisotopic (exact) mass is 271 g/mol. The van der Waals surface area contributed by atoms with Gasteiger partial charge in [-0.1, -0.05) is 29.8 Å². The molecule has 0 saturated carbocycles. The fraction of sp³-hybridized carbons (Fsp3) is 0. The Hall–Kier alpha value is -2.26. The topological polar surface area (TPSA) is 42.2 Å². The number of rotatable bonds is 2. The van der Waals surface area contributed by atoms with Gasteiger partial charge in [0.2, 0.25) is 0 Å². The van der Waals surface area contributed by atoms with Gasteiger partial charge in [-0.3, -0.25) is 0 Å². The number of para-hydroxylation sites is 1. The molecule has 0 radical (unpaired) electrons. The maximum Gasteiger partial charge on any atom is 0.338 e. The van der Waals surface area contributed by atoms with Crippen molar-refractivity contribution in [2.24, 2.45) is 0 Å². The summed E-state index contributed by atoms with van der Waals surface area (Å²) >= 11 is 5.94. The van der Waals surface area contributed by atoms with Gasteiger partial charge in [-0.05, 0) is 30.3 Å². The van der Waals surface area contributed by atoms with Crippen LogP contribution in [0.5, 0.6) is 0 Å². The number of nitrogens with one attached hydrogen (secondary N) is 1. The van der Waals surface area contributed by atoms with Gasteiger partial charge < -0.3 is 9.73 Å². The van der Waals surface area contributed by atoms with Crippen molar-refractivity contribution in [2.45, 2.75) is 0 Å². The van der Waals surface area contributed by atoms with E-state index in [1.807, 2.05) is 30.3 Å².